The minimum Gasteiger partial charge on any atom is -0.262 e. The molecule has 96 valence electrons. The number of nitrogens with one attached hydrogen (secondary N) is 1. The van der Waals surface area contributed by atoms with Gasteiger partial charge in [-0.3, -0.25) is 4.98 Å². The van der Waals surface area contributed by atoms with E-state index in [9.17, 15) is 8.42 Å². The number of hydrogen-bond acceptors (Lipinski definition) is 4. The van der Waals surface area contributed by atoms with Crippen molar-refractivity contribution in [1.82, 2.24) is 9.71 Å². The second-order valence-electron chi connectivity index (χ2n) is 3.57. The van der Waals surface area contributed by atoms with Crippen LogP contribution >= 0.6 is 27.7 Å². The van der Waals surface area contributed by atoms with Gasteiger partial charge in [0.1, 0.15) is 4.90 Å². The Balaban J connectivity index is 2.63. The predicted octanol–water partition coefficient (Wildman–Crippen LogP) is 2.26. The summed E-state index contributed by atoms with van der Waals surface area (Å²) >= 11 is 4.92. The lowest BCUT2D eigenvalue weighted by atomic mass is 10.3. The van der Waals surface area contributed by atoms with Gasteiger partial charge in [0.25, 0.3) is 0 Å². The van der Waals surface area contributed by atoms with Crippen LogP contribution in [0.15, 0.2) is 27.8 Å². The van der Waals surface area contributed by atoms with Crippen LogP contribution in [-0.4, -0.2) is 31.5 Å². The number of hydrogen-bond donors (Lipinski definition) is 1. The van der Waals surface area contributed by atoms with Crippen molar-refractivity contribution in [2.75, 3.05) is 12.8 Å². The summed E-state index contributed by atoms with van der Waals surface area (Å²) < 4.78 is 27.0. The third-order valence-electron chi connectivity index (χ3n) is 2.24. The average Bonchev–Trinajstić information content (AvgIpc) is 2.28. The summed E-state index contributed by atoms with van der Waals surface area (Å²) in [6.07, 6.45) is 5.71. The van der Waals surface area contributed by atoms with Crippen LogP contribution < -0.4 is 4.72 Å². The topological polar surface area (TPSA) is 59.1 Å². The normalized spacial score (nSPS) is 13.6. The Kier molecular flexibility index (Phi) is 5.91. The minimum atomic E-state index is -3.44. The molecule has 0 aliphatic heterocycles. The van der Waals surface area contributed by atoms with Gasteiger partial charge < -0.3 is 0 Å². The van der Waals surface area contributed by atoms with Crippen LogP contribution in [-0.2, 0) is 10.0 Å². The first kappa shape index (κ1) is 14.9. The summed E-state index contributed by atoms with van der Waals surface area (Å²) in [4.78, 5) is 4.02. The Hall–Kier alpha value is -0.110. The van der Waals surface area contributed by atoms with Gasteiger partial charge in [-0.15, -0.1) is 0 Å². The second kappa shape index (κ2) is 6.72. The number of rotatable bonds is 6. The molecule has 0 spiro atoms. The van der Waals surface area contributed by atoms with Crippen molar-refractivity contribution in [3.63, 3.8) is 0 Å². The Labute approximate surface area is 115 Å². The van der Waals surface area contributed by atoms with Crippen molar-refractivity contribution in [2.45, 2.75) is 23.5 Å². The molecule has 0 aliphatic carbocycles. The molecule has 0 saturated heterocycles. The van der Waals surface area contributed by atoms with Gasteiger partial charge in [0.05, 0.1) is 0 Å². The lowest BCUT2D eigenvalue weighted by molar-refractivity contribution is 0.578. The van der Waals surface area contributed by atoms with Gasteiger partial charge in [-0.25, -0.2) is 13.1 Å². The zero-order valence-electron chi connectivity index (χ0n) is 9.68. The maximum absolute atomic E-state index is 11.9. The van der Waals surface area contributed by atoms with Crippen LogP contribution in [0, 0.1) is 0 Å². The third kappa shape index (κ3) is 4.95. The van der Waals surface area contributed by atoms with E-state index >= 15 is 0 Å². The first-order valence-corrected chi connectivity index (χ1v) is 8.65. The highest BCUT2D eigenvalue weighted by atomic mass is 79.9. The molecule has 1 aromatic rings. The second-order valence-corrected chi connectivity index (χ2v) is 7.53. The van der Waals surface area contributed by atoms with E-state index in [0.29, 0.717) is 16.3 Å². The third-order valence-corrected chi connectivity index (χ3v) is 5.14. The van der Waals surface area contributed by atoms with E-state index in [-0.39, 0.29) is 4.90 Å². The largest absolute Gasteiger partial charge is 0.262 e. The number of sulfonamides is 1. The molecule has 17 heavy (non-hydrogen) atoms. The van der Waals surface area contributed by atoms with Crippen LogP contribution in [0.2, 0.25) is 0 Å². The Morgan fingerprint density at radius 2 is 2.24 bits per heavy atom. The predicted molar refractivity (Wildman–Crippen MR) is 74.7 cm³/mol. The molecule has 1 aromatic heterocycles. The van der Waals surface area contributed by atoms with Crippen LogP contribution in [0.5, 0.6) is 0 Å². The molecule has 0 bridgehead atoms. The summed E-state index contributed by atoms with van der Waals surface area (Å²) in [5.41, 5.74) is 0. The molecule has 1 atom stereocenters. The van der Waals surface area contributed by atoms with Crippen molar-refractivity contribution < 1.29 is 8.42 Å². The van der Waals surface area contributed by atoms with E-state index in [1.165, 1.54) is 12.3 Å². The zero-order chi connectivity index (χ0) is 12.9. The monoisotopic (exact) mass is 338 g/mol. The highest BCUT2D eigenvalue weighted by Gasteiger charge is 2.14. The van der Waals surface area contributed by atoms with Crippen LogP contribution in [0.3, 0.4) is 0 Å². The highest BCUT2D eigenvalue weighted by Crippen LogP contribution is 2.14. The first-order chi connectivity index (χ1) is 7.95. The van der Waals surface area contributed by atoms with E-state index in [1.807, 2.05) is 6.26 Å². The van der Waals surface area contributed by atoms with Crippen molar-refractivity contribution in [3.8, 4) is 0 Å². The SMILES string of the molecule is CSC(C)CCNS(=O)(=O)c1cncc(Br)c1. The van der Waals surface area contributed by atoms with Gasteiger partial charge in [0, 0.05) is 28.7 Å². The molecule has 1 unspecified atom stereocenters. The standard InChI is InChI=1S/C10H15BrN2O2S2/c1-8(16-2)3-4-13-17(14,15)10-5-9(11)6-12-7-10/h5-8,13H,3-4H2,1-2H3. The summed E-state index contributed by atoms with van der Waals surface area (Å²) in [6.45, 7) is 2.51. The molecule has 0 fully saturated rings. The molecular formula is C10H15BrN2O2S2. The van der Waals surface area contributed by atoms with Gasteiger partial charge in [0.2, 0.25) is 10.0 Å². The van der Waals surface area contributed by atoms with E-state index in [2.05, 4.69) is 32.6 Å². The number of aromatic nitrogens is 1. The summed E-state index contributed by atoms with van der Waals surface area (Å²) in [5, 5.41) is 0.443. The summed E-state index contributed by atoms with van der Waals surface area (Å²) in [5.74, 6) is 0. The fourth-order valence-electron chi connectivity index (χ4n) is 1.14. The maximum atomic E-state index is 11.9. The fraction of sp³-hybridized carbons (Fsp3) is 0.500. The van der Waals surface area contributed by atoms with Gasteiger partial charge in [-0.05, 0) is 34.7 Å². The molecule has 7 heteroatoms. The van der Waals surface area contributed by atoms with E-state index in [1.54, 1.807) is 18.0 Å². The molecule has 1 rings (SSSR count). The Bertz CT molecular complexity index is 465. The number of nitrogens with zero attached hydrogens (tertiary/aromatic N) is 1. The van der Waals surface area contributed by atoms with Crippen molar-refractivity contribution in [1.29, 1.82) is 0 Å². The quantitative estimate of drug-likeness (QED) is 0.864. The average molecular weight is 339 g/mol. The lowest BCUT2D eigenvalue weighted by Gasteiger charge is -2.09. The van der Waals surface area contributed by atoms with Gasteiger partial charge in [0.15, 0.2) is 0 Å². The maximum Gasteiger partial charge on any atom is 0.242 e. The molecule has 0 aliphatic rings. The van der Waals surface area contributed by atoms with E-state index in [0.717, 1.165) is 6.42 Å². The molecular weight excluding hydrogens is 324 g/mol. The minimum absolute atomic E-state index is 0.184. The molecule has 1 N–H and O–H groups in total. The van der Waals surface area contributed by atoms with Crippen molar-refractivity contribution in [3.05, 3.63) is 22.9 Å². The van der Waals surface area contributed by atoms with Gasteiger partial charge in [-0.2, -0.15) is 11.8 Å². The first-order valence-electron chi connectivity index (χ1n) is 5.08. The zero-order valence-corrected chi connectivity index (χ0v) is 12.9. The van der Waals surface area contributed by atoms with Crippen LogP contribution in [0.25, 0.3) is 0 Å². The molecule has 4 nitrogen and oxygen atoms in total. The summed E-state index contributed by atoms with van der Waals surface area (Å²) in [7, 11) is -3.44. The molecule has 0 saturated carbocycles. The highest BCUT2D eigenvalue weighted by molar-refractivity contribution is 9.10. The van der Waals surface area contributed by atoms with E-state index in [4.69, 9.17) is 0 Å². The van der Waals surface area contributed by atoms with Crippen LogP contribution in [0.4, 0.5) is 0 Å². The number of halogens is 1. The van der Waals surface area contributed by atoms with Crippen LogP contribution in [0.1, 0.15) is 13.3 Å². The van der Waals surface area contributed by atoms with Gasteiger partial charge in [-0.1, -0.05) is 6.92 Å². The Morgan fingerprint density at radius 3 is 2.82 bits per heavy atom. The van der Waals surface area contributed by atoms with Crippen molar-refractivity contribution in [2.24, 2.45) is 0 Å². The number of thioether (sulfide) groups is 1. The van der Waals surface area contributed by atoms with E-state index < -0.39 is 10.0 Å². The Morgan fingerprint density at radius 1 is 1.53 bits per heavy atom. The molecule has 0 aromatic carbocycles. The lowest BCUT2D eigenvalue weighted by Crippen LogP contribution is -2.26. The number of pyridine rings is 1. The van der Waals surface area contributed by atoms with Crippen molar-refractivity contribution >= 4 is 37.7 Å². The smallest absolute Gasteiger partial charge is 0.242 e. The molecule has 1 heterocycles. The molecule has 0 amide bonds. The van der Waals surface area contributed by atoms with Gasteiger partial charge >= 0.3 is 0 Å². The fourth-order valence-corrected chi connectivity index (χ4v) is 3.04. The molecule has 0 radical (unpaired) electrons. The summed E-state index contributed by atoms with van der Waals surface area (Å²) in [6, 6.07) is 1.54.